The zero-order chi connectivity index (χ0) is 50.7. The maximum atomic E-state index is 13.9. The molecule has 0 spiro atoms. The number of anilines is 3. The summed E-state index contributed by atoms with van der Waals surface area (Å²) in [6, 6.07) is 13.7. The van der Waals surface area contributed by atoms with Gasteiger partial charge in [0.05, 0.1) is 45.6 Å². The first-order chi connectivity index (χ1) is 34.5. The number of sulfonamides is 1. The second-order valence-corrected chi connectivity index (χ2v) is 20.0. The summed E-state index contributed by atoms with van der Waals surface area (Å²) in [7, 11) is -3.36. The molecule has 0 aliphatic carbocycles. The SMILES string of the molecule is C[C@H](Oc1cc(-c2nn(C)c3c(-c4cnn(C5CCN(C(=O)C6CCN(c7cccc8c7C(=O)N(C7CCC(=O)NC7=O)C8=O)CC6)CC5)c4)cnc(N)c23)ccc1NS(=O)(=O)C(F)F)c1ccc(F)cc1. The van der Waals surface area contributed by atoms with Gasteiger partial charge in [-0.2, -0.15) is 19.0 Å². The highest BCUT2D eigenvalue weighted by molar-refractivity contribution is 7.93. The number of halogens is 3. The zero-order valence-corrected chi connectivity index (χ0v) is 39.7. The number of hydrogen-bond donors (Lipinski definition) is 3. The number of nitrogen functional groups attached to an aromatic ring is 1. The standard InChI is InChI=1S/C49H48F3N11O8S/c1-26(27-6-9-31(50)10-7-27)71-38-22-29(8-11-35(38)58-72(69,70)49(51)52)42-41-43(59(2)57-42)34(24-54-44(41)53)30-23-55-62(25-30)32-16-20-61(21-17-32)46(66)28-14-18-60(19-15-28)36-5-3-4-33-40(36)48(68)63(47(33)67)37-12-13-39(64)56-45(37)65/h3-11,22-26,28,32,37,49,58H,12-21H2,1-2H3,(H2,53,54)(H,56,64,65)/t26-,37?/m0/s1. The van der Waals surface area contributed by atoms with Crippen LogP contribution < -0.4 is 25.4 Å². The third kappa shape index (κ3) is 8.74. The van der Waals surface area contributed by atoms with Crippen molar-refractivity contribution in [1.29, 1.82) is 0 Å². The maximum absolute atomic E-state index is 13.9. The van der Waals surface area contributed by atoms with Crippen molar-refractivity contribution in [2.75, 3.05) is 41.5 Å². The van der Waals surface area contributed by atoms with Crippen molar-refractivity contribution in [3.63, 3.8) is 0 Å². The normalized spacial score (nSPS) is 18.5. The molecule has 0 bridgehead atoms. The number of rotatable bonds is 12. The third-order valence-corrected chi connectivity index (χ3v) is 14.9. The molecule has 3 aromatic heterocycles. The molecule has 7 heterocycles. The van der Waals surface area contributed by atoms with Gasteiger partial charge in [-0.1, -0.05) is 24.3 Å². The summed E-state index contributed by atoms with van der Waals surface area (Å²) in [5, 5.41) is 12.2. The second kappa shape index (κ2) is 18.7. The van der Waals surface area contributed by atoms with Gasteiger partial charge in [-0.05, 0) is 81.0 Å². The number of nitrogens with two attached hydrogens (primary N) is 1. The molecule has 374 valence electrons. The molecule has 3 fully saturated rings. The largest absolute Gasteiger partial charge is 0.484 e. The minimum absolute atomic E-state index is 0.0131. The van der Waals surface area contributed by atoms with E-state index in [2.05, 4.69) is 10.3 Å². The minimum atomic E-state index is -5.09. The first-order valence-electron chi connectivity index (χ1n) is 23.4. The summed E-state index contributed by atoms with van der Waals surface area (Å²) in [5.41, 5.74) is 10.6. The van der Waals surface area contributed by atoms with Crippen LogP contribution in [0, 0.1) is 11.7 Å². The fraction of sp³-hybridized carbons (Fsp3) is 0.347. The molecule has 2 atom stereocenters. The zero-order valence-electron chi connectivity index (χ0n) is 38.9. The number of imide groups is 2. The van der Waals surface area contributed by atoms with Crippen LogP contribution >= 0.6 is 0 Å². The van der Waals surface area contributed by atoms with Gasteiger partial charge >= 0.3 is 5.76 Å². The topological polar surface area (TPSA) is 237 Å². The predicted molar refractivity (Wildman–Crippen MR) is 256 cm³/mol. The first-order valence-corrected chi connectivity index (χ1v) is 24.9. The van der Waals surface area contributed by atoms with Crippen LogP contribution in [0.4, 0.5) is 30.4 Å². The Morgan fingerprint density at radius 2 is 1.64 bits per heavy atom. The predicted octanol–water partition coefficient (Wildman–Crippen LogP) is 5.81. The van der Waals surface area contributed by atoms with Crippen molar-refractivity contribution in [2.24, 2.45) is 13.0 Å². The smallest absolute Gasteiger partial charge is 0.355 e. The van der Waals surface area contributed by atoms with Crippen LogP contribution in [-0.4, -0.2) is 110 Å². The lowest BCUT2D eigenvalue weighted by Crippen LogP contribution is -2.54. The summed E-state index contributed by atoms with van der Waals surface area (Å²) < 4.78 is 76.8. The number of likely N-dealkylation sites (tertiary alicyclic amines) is 1. The highest BCUT2D eigenvalue weighted by atomic mass is 32.2. The van der Waals surface area contributed by atoms with Crippen molar-refractivity contribution < 1.29 is 50.3 Å². The van der Waals surface area contributed by atoms with E-state index in [-0.39, 0.29) is 59.1 Å². The second-order valence-electron chi connectivity index (χ2n) is 18.4. The number of alkyl halides is 2. The molecule has 10 rings (SSSR count). The van der Waals surface area contributed by atoms with Crippen LogP contribution in [-0.2, 0) is 31.5 Å². The van der Waals surface area contributed by atoms with E-state index in [0.717, 1.165) is 10.5 Å². The van der Waals surface area contributed by atoms with Crippen molar-refractivity contribution in [3.05, 3.63) is 102 Å². The lowest BCUT2D eigenvalue weighted by atomic mass is 9.93. The van der Waals surface area contributed by atoms with E-state index in [1.165, 1.54) is 42.5 Å². The molecule has 6 aromatic rings. The monoisotopic (exact) mass is 1010 g/mol. The van der Waals surface area contributed by atoms with E-state index >= 15 is 0 Å². The highest BCUT2D eigenvalue weighted by Crippen LogP contribution is 2.42. The molecule has 4 aliphatic heterocycles. The van der Waals surface area contributed by atoms with Crippen LogP contribution in [0.15, 0.2) is 79.3 Å². The minimum Gasteiger partial charge on any atom is -0.484 e. The van der Waals surface area contributed by atoms with E-state index in [1.54, 1.807) is 49.2 Å². The van der Waals surface area contributed by atoms with Gasteiger partial charge in [-0.15, -0.1) is 0 Å². The molecule has 19 nitrogen and oxygen atoms in total. The number of pyridine rings is 1. The van der Waals surface area contributed by atoms with Gasteiger partial charge in [0.25, 0.3) is 21.8 Å². The number of ether oxygens (including phenoxy) is 1. The summed E-state index contributed by atoms with van der Waals surface area (Å²) in [5.74, 6) is -6.56. The van der Waals surface area contributed by atoms with Crippen LogP contribution in [0.25, 0.3) is 33.3 Å². The van der Waals surface area contributed by atoms with Gasteiger partial charge in [0, 0.05) is 74.6 Å². The average Bonchev–Trinajstić information content (AvgIpc) is 4.07. The molecule has 3 aromatic carbocycles. The van der Waals surface area contributed by atoms with E-state index in [9.17, 15) is 45.6 Å². The quantitative estimate of drug-likeness (QED) is 0.123. The van der Waals surface area contributed by atoms with Gasteiger partial charge in [0.2, 0.25) is 17.7 Å². The Bertz CT molecular complexity index is 3290. The Balaban J connectivity index is 0.810. The molecule has 0 saturated carbocycles. The number of nitrogens with one attached hydrogen (secondary N) is 2. The number of nitrogens with zero attached hydrogens (tertiary/aromatic N) is 8. The van der Waals surface area contributed by atoms with Crippen molar-refractivity contribution in [1.82, 2.24) is 39.7 Å². The summed E-state index contributed by atoms with van der Waals surface area (Å²) in [6.07, 6.45) is 6.97. The van der Waals surface area contributed by atoms with Gasteiger partial charge in [-0.25, -0.2) is 17.8 Å². The molecule has 3 saturated heterocycles. The molecular weight excluding hydrogens is 960 g/mol. The van der Waals surface area contributed by atoms with Crippen LogP contribution in [0.1, 0.15) is 83.9 Å². The van der Waals surface area contributed by atoms with E-state index in [4.69, 9.17) is 20.7 Å². The van der Waals surface area contributed by atoms with Crippen molar-refractivity contribution >= 4 is 67.7 Å². The number of amides is 5. The molecule has 4 N–H and O–H groups in total. The van der Waals surface area contributed by atoms with Crippen LogP contribution in [0.2, 0.25) is 0 Å². The number of piperidine rings is 3. The molecule has 23 heteroatoms. The summed E-state index contributed by atoms with van der Waals surface area (Å²) >= 11 is 0. The Labute approximate surface area is 410 Å². The Kier molecular flexibility index (Phi) is 12.4. The molecule has 72 heavy (non-hydrogen) atoms. The molecule has 4 aliphatic rings. The highest BCUT2D eigenvalue weighted by Gasteiger charge is 2.46. The van der Waals surface area contributed by atoms with Crippen molar-refractivity contribution in [3.8, 4) is 28.1 Å². The van der Waals surface area contributed by atoms with Gasteiger partial charge in [0.15, 0.2) is 0 Å². The van der Waals surface area contributed by atoms with Crippen LogP contribution in [0.5, 0.6) is 5.75 Å². The third-order valence-electron chi connectivity index (χ3n) is 14.0. The number of carbonyl (C=O) groups is 5. The number of aromatic nitrogens is 5. The molecule has 0 radical (unpaired) electrons. The van der Waals surface area contributed by atoms with Gasteiger partial charge in [-0.3, -0.25) is 48.3 Å². The lowest BCUT2D eigenvalue weighted by molar-refractivity contribution is -0.138. The Morgan fingerprint density at radius 1 is 0.903 bits per heavy atom. The number of benzene rings is 3. The van der Waals surface area contributed by atoms with E-state index < -0.39 is 57.4 Å². The summed E-state index contributed by atoms with van der Waals surface area (Å²) in [6.45, 7) is 3.65. The maximum Gasteiger partial charge on any atom is 0.355 e. The van der Waals surface area contributed by atoms with Gasteiger partial charge in [0.1, 0.15) is 35.2 Å². The van der Waals surface area contributed by atoms with Gasteiger partial charge < -0.3 is 20.3 Å². The number of fused-ring (bicyclic) bond motifs is 2. The number of hydrogen-bond acceptors (Lipinski definition) is 13. The average molecular weight is 1010 g/mol. The fourth-order valence-corrected chi connectivity index (χ4v) is 10.8. The lowest BCUT2D eigenvalue weighted by Gasteiger charge is -2.38. The van der Waals surface area contributed by atoms with Crippen LogP contribution in [0.3, 0.4) is 0 Å². The fourth-order valence-electron chi connectivity index (χ4n) is 10.2. The van der Waals surface area contributed by atoms with Crippen molar-refractivity contribution in [2.45, 2.75) is 69.4 Å². The molecular formula is C49H48F3N11O8S. The number of aryl methyl sites for hydroxylation is 1. The first kappa shape index (κ1) is 47.8. The molecule has 1 unspecified atom stereocenters. The van der Waals surface area contributed by atoms with E-state index in [1.807, 2.05) is 25.4 Å². The Hall–Kier alpha value is -7.82. The number of carbonyl (C=O) groups excluding carboxylic acids is 5. The Morgan fingerprint density at radius 3 is 2.35 bits per heavy atom. The summed E-state index contributed by atoms with van der Waals surface area (Å²) in [4.78, 5) is 74.8. The molecule has 5 amide bonds. The van der Waals surface area contributed by atoms with E-state index in [0.29, 0.717) is 90.8 Å².